The predicted octanol–water partition coefficient (Wildman–Crippen LogP) is 5.43. The first kappa shape index (κ1) is 14.2. The average Bonchev–Trinajstić information content (AvgIpc) is 2.48. The van der Waals surface area contributed by atoms with E-state index in [1.165, 1.54) is 0 Å². The third-order valence-corrected chi connectivity index (χ3v) is 3.85. The Kier molecular flexibility index (Phi) is 4.00. The molecule has 106 valence electrons. The van der Waals surface area contributed by atoms with Gasteiger partial charge in [-0.05, 0) is 36.8 Å². The van der Waals surface area contributed by atoms with Crippen molar-refractivity contribution < 1.29 is 4.74 Å². The third-order valence-electron chi connectivity index (χ3n) is 3.28. The molecule has 3 rings (SSSR count). The van der Waals surface area contributed by atoms with Gasteiger partial charge in [-0.2, -0.15) is 0 Å². The van der Waals surface area contributed by atoms with Gasteiger partial charge in [-0.25, -0.2) is 4.98 Å². The van der Waals surface area contributed by atoms with Gasteiger partial charge in [0, 0.05) is 16.0 Å². The number of hydrogen-bond donors (Lipinski definition) is 0. The zero-order chi connectivity index (χ0) is 14.8. The molecule has 0 spiro atoms. The van der Waals surface area contributed by atoms with Crippen molar-refractivity contribution in [2.75, 3.05) is 0 Å². The van der Waals surface area contributed by atoms with Gasteiger partial charge in [0.1, 0.15) is 17.5 Å². The van der Waals surface area contributed by atoms with E-state index in [1.807, 2.05) is 49.4 Å². The van der Waals surface area contributed by atoms with Crippen molar-refractivity contribution in [3.05, 3.63) is 69.8 Å². The molecule has 0 aliphatic heterocycles. The highest BCUT2D eigenvalue weighted by atomic mass is 35.5. The number of para-hydroxylation sites is 1. The van der Waals surface area contributed by atoms with Crippen molar-refractivity contribution in [3.8, 4) is 5.75 Å². The normalized spacial score (nSPS) is 10.8. The van der Waals surface area contributed by atoms with Gasteiger partial charge in [0.15, 0.2) is 0 Å². The summed E-state index contributed by atoms with van der Waals surface area (Å²) < 4.78 is 5.82. The van der Waals surface area contributed by atoms with Crippen LogP contribution in [-0.2, 0) is 6.61 Å². The Bertz CT molecular complexity index is 802. The molecule has 0 N–H and O–H groups in total. The van der Waals surface area contributed by atoms with Crippen LogP contribution in [-0.4, -0.2) is 4.98 Å². The van der Waals surface area contributed by atoms with Crippen LogP contribution < -0.4 is 4.74 Å². The molecule has 0 aliphatic carbocycles. The van der Waals surface area contributed by atoms with Crippen molar-refractivity contribution in [1.82, 2.24) is 4.98 Å². The first-order chi connectivity index (χ1) is 10.1. The second-order valence-electron chi connectivity index (χ2n) is 4.83. The lowest BCUT2D eigenvalue weighted by Crippen LogP contribution is -1.99. The first-order valence-corrected chi connectivity index (χ1v) is 7.32. The molecule has 0 aliphatic rings. The highest BCUT2D eigenvalue weighted by molar-refractivity contribution is 6.31. The van der Waals surface area contributed by atoms with Crippen molar-refractivity contribution in [2.24, 2.45) is 0 Å². The maximum absolute atomic E-state index is 6.22. The fraction of sp³-hybridized carbons (Fsp3) is 0.118. The molecule has 0 radical (unpaired) electrons. The Labute approximate surface area is 133 Å². The third kappa shape index (κ3) is 3.12. The molecule has 0 bridgehead atoms. The topological polar surface area (TPSA) is 22.1 Å². The van der Waals surface area contributed by atoms with Crippen LogP contribution in [0.3, 0.4) is 0 Å². The summed E-state index contributed by atoms with van der Waals surface area (Å²) in [7, 11) is 0. The molecule has 0 saturated carbocycles. The van der Waals surface area contributed by atoms with E-state index in [2.05, 4.69) is 4.98 Å². The SMILES string of the molecule is Cc1ccc(Cl)cc1OCc1cc2ccccc2nc1Cl. The lowest BCUT2D eigenvalue weighted by molar-refractivity contribution is 0.304. The zero-order valence-corrected chi connectivity index (χ0v) is 12.9. The van der Waals surface area contributed by atoms with Gasteiger partial charge in [-0.3, -0.25) is 0 Å². The number of nitrogens with zero attached hydrogens (tertiary/aromatic N) is 1. The Hall–Kier alpha value is -1.77. The maximum Gasteiger partial charge on any atom is 0.136 e. The van der Waals surface area contributed by atoms with Crippen LogP contribution in [0.15, 0.2) is 48.5 Å². The molecular weight excluding hydrogens is 305 g/mol. The average molecular weight is 318 g/mol. The number of aryl methyl sites for hydroxylation is 1. The minimum atomic E-state index is 0.359. The van der Waals surface area contributed by atoms with Crippen molar-refractivity contribution >= 4 is 34.1 Å². The molecule has 1 aromatic heterocycles. The molecule has 4 heteroatoms. The van der Waals surface area contributed by atoms with Crippen molar-refractivity contribution in [3.63, 3.8) is 0 Å². The smallest absolute Gasteiger partial charge is 0.136 e. The van der Waals surface area contributed by atoms with Gasteiger partial charge < -0.3 is 4.74 Å². The maximum atomic E-state index is 6.22. The van der Waals surface area contributed by atoms with Crippen LogP contribution in [0.4, 0.5) is 0 Å². The molecule has 0 saturated heterocycles. The zero-order valence-electron chi connectivity index (χ0n) is 11.4. The van der Waals surface area contributed by atoms with Crippen molar-refractivity contribution in [2.45, 2.75) is 13.5 Å². The molecule has 1 heterocycles. The highest BCUT2D eigenvalue weighted by Crippen LogP contribution is 2.26. The van der Waals surface area contributed by atoms with E-state index >= 15 is 0 Å². The molecule has 0 amide bonds. The van der Waals surface area contributed by atoms with E-state index in [1.54, 1.807) is 6.07 Å². The van der Waals surface area contributed by atoms with E-state index in [4.69, 9.17) is 27.9 Å². The monoisotopic (exact) mass is 317 g/mol. The number of hydrogen-bond acceptors (Lipinski definition) is 2. The quantitative estimate of drug-likeness (QED) is 0.601. The molecule has 0 atom stereocenters. The molecule has 2 nitrogen and oxygen atoms in total. The van der Waals surface area contributed by atoms with Gasteiger partial charge in [0.05, 0.1) is 5.52 Å². The van der Waals surface area contributed by atoms with Gasteiger partial charge in [-0.1, -0.05) is 47.5 Å². The van der Waals surface area contributed by atoms with Crippen LogP contribution in [0.5, 0.6) is 5.75 Å². The van der Waals surface area contributed by atoms with E-state index in [0.717, 1.165) is 27.8 Å². The Morgan fingerprint density at radius 3 is 2.71 bits per heavy atom. The number of halogens is 2. The molecule has 0 unspecified atom stereocenters. The highest BCUT2D eigenvalue weighted by Gasteiger charge is 2.07. The van der Waals surface area contributed by atoms with Gasteiger partial charge in [-0.15, -0.1) is 0 Å². The van der Waals surface area contributed by atoms with Gasteiger partial charge >= 0.3 is 0 Å². The summed E-state index contributed by atoms with van der Waals surface area (Å²) in [6, 6.07) is 15.4. The number of benzene rings is 2. The summed E-state index contributed by atoms with van der Waals surface area (Å²) in [5.74, 6) is 0.756. The van der Waals surface area contributed by atoms with Crippen LogP contribution in [0.1, 0.15) is 11.1 Å². The minimum Gasteiger partial charge on any atom is -0.488 e. The largest absolute Gasteiger partial charge is 0.488 e. The van der Waals surface area contributed by atoms with Crippen LogP contribution in [0, 0.1) is 6.92 Å². The molecular formula is C17H13Cl2NO. The van der Waals surface area contributed by atoms with Crippen molar-refractivity contribution in [1.29, 1.82) is 0 Å². The van der Waals surface area contributed by atoms with E-state index in [-0.39, 0.29) is 0 Å². The number of fused-ring (bicyclic) bond motifs is 1. The summed E-state index contributed by atoms with van der Waals surface area (Å²) in [4.78, 5) is 4.39. The second-order valence-corrected chi connectivity index (χ2v) is 5.62. The standard InChI is InChI=1S/C17H13Cl2NO/c1-11-6-7-14(18)9-16(11)21-10-13-8-12-4-2-3-5-15(12)20-17(13)19/h2-9H,10H2,1H3. The van der Waals surface area contributed by atoms with Gasteiger partial charge in [0.25, 0.3) is 0 Å². The molecule has 2 aromatic carbocycles. The summed E-state index contributed by atoms with van der Waals surface area (Å²) >= 11 is 12.2. The van der Waals surface area contributed by atoms with Crippen LogP contribution in [0.25, 0.3) is 10.9 Å². The lowest BCUT2D eigenvalue weighted by Gasteiger charge is -2.11. The number of aromatic nitrogens is 1. The summed E-state index contributed by atoms with van der Waals surface area (Å²) in [6.07, 6.45) is 0. The Balaban J connectivity index is 1.88. The number of ether oxygens (including phenoxy) is 1. The Morgan fingerprint density at radius 2 is 1.86 bits per heavy atom. The van der Waals surface area contributed by atoms with Gasteiger partial charge in [0.2, 0.25) is 0 Å². The fourth-order valence-electron chi connectivity index (χ4n) is 2.12. The lowest BCUT2D eigenvalue weighted by atomic mass is 10.1. The van der Waals surface area contributed by atoms with E-state index in [0.29, 0.717) is 16.8 Å². The van der Waals surface area contributed by atoms with E-state index < -0.39 is 0 Å². The predicted molar refractivity (Wildman–Crippen MR) is 87.3 cm³/mol. The Morgan fingerprint density at radius 1 is 1.05 bits per heavy atom. The first-order valence-electron chi connectivity index (χ1n) is 6.56. The van der Waals surface area contributed by atoms with E-state index in [9.17, 15) is 0 Å². The second kappa shape index (κ2) is 5.92. The summed E-state index contributed by atoms with van der Waals surface area (Å²) in [6.45, 7) is 2.34. The number of pyridine rings is 1. The fourth-order valence-corrected chi connectivity index (χ4v) is 2.48. The summed E-state index contributed by atoms with van der Waals surface area (Å²) in [5, 5.41) is 2.16. The molecule has 21 heavy (non-hydrogen) atoms. The number of rotatable bonds is 3. The minimum absolute atomic E-state index is 0.359. The summed E-state index contributed by atoms with van der Waals surface area (Å²) in [5.41, 5.74) is 2.77. The van der Waals surface area contributed by atoms with Crippen LogP contribution in [0.2, 0.25) is 10.2 Å². The van der Waals surface area contributed by atoms with Crippen LogP contribution >= 0.6 is 23.2 Å². The molecule has 3 aromatic rings. The molecule has 0 fully saturated rings.